The van der Waals surface area contributed by atoms with Gasteiger partial charge < -0.3 is 13.7 Å². The minimum absolute atomic E-state index is 0.585. The van der Waals surface area contributed by atoms with E-state index < -0.39 is 0 Å². The molecule has 6 nitrogen and oxygen atoms in total. The summed E-state index contributed by atoms with van der Waals surface area (Å²) in [4.78, 5) is 17.3. The normalized spacial score (nSPS) is 11.6. The highest BCUT2D eigenvalue weighted by atomic mass is 16.3. The molecule has 0 fully saturated rings. The number of aromatic nitrogens is 3. The number of benzene rings is 8. The first-order valence-electron chi connectivity index (χ1n) is 18.3. The third kappa shape index (κ3) is 5.31. The molecule has 258 valence electrons. The number of fused-ring (bicyclic) bond motifs is 7. The van der Waals surface area contributed by atoms with Gasteiger partial charge in [-0.25, -0.2) is 15.0 Å². The van der Waals surface area contributed by atoms with Crippen molar-refractivity contribution in [2.24, 2.45) is 0 Å². The molecular formula is C49H30N4O2. The Bertz CT molecular complexity index is 3170. The highest BCUT2D eigenvalue weighted by molar-refractivity contribution is 6.13. The first kappa shape index (κ1) is 31.0. The van der Waals surface area contributed by atoms with Crippen molar-refractivity contribution in [2.75, 3.05) is 4.90 Å². The fourth-order valence-electron chi connectivity index (χ4n) is 7.69. The number of rotatable bonds is 6. The molecule has 11 rings (SSSR count). The molecule has 0 bridgehead atoms. The predicted octanol–water partition coefficient (Wildman–Crippen LogP) is 13.3. The van der Waals surface area contributed by atoms with E-state index in [1.807, 2.05) is 91.0 Å². The van der Waals surface area contributed by atoms with Crippen molar-refractivity contribution in [1.82, 2.24) is 15.0 Å². The Hall–Kier alpha value is -7.57. The lowest BCUT2D eigenvalue weighted by Crippen LogP contribution is -2.09. The van der Waals surface area contributed by atoms with Crippen LogP contribution in [0.15, 0.2) is 191 Å². The van der Waals surface area contributed by atoms with E-state index in [9.17, 15) is 0 Å². The van der Waals surface area contributed by atoms with Gasteiger partial charge >= 0.3 is 0 Å². The molecule has 3 heterocycles. The highest BCUT2D eigenvalue weighted by Crippen LogP contribution is 2.43. The van der Waals surface area contributed by atoms with Crippen molar-refractivity contribution >= 4 is 71.7 Å². The summed E-state index contributed by atoms with van der Waals surface area (Å²) in [5, 5.41) is 6.46. The number of anilines is 3. The van der Waals surface area contributed by atoms with E-state index in [4.69, 9.17) is 23.8 Å². The summed E-state index contributed by atoms with van der Waals surface area (Å²) in [5.74, 6) is 1.81. The van der Waals surface area contributed by atoms with Crippen LogP contribution in [0.4, 0.5) is 17.1 Å². The third-order valence-electron chi connectivity index (χ3n) is 10.3. The highest BCUT2D eigenvalue weighted by Gasteiger charge is 2.21. The Balaban J connectivity index is 1.09. The molecule has 0 saturated carbocycles. The van der Waals surface area contributed by atoms with Gasteiger partial charge in [0, 0.05) is 67.4 Å². The maximum atomic E-state index is 6.67. The van der Waals surface area contributed by atoms with Crippen LogP contribution in [-0.2, 0) is 0 Å². The van der Waals surface area contributed by atoms with E-state index >= 15 is 0 Å². The molecule has 0 amide bonds. The molecule has 11 aromatic rings. The van der Waals surface area contributed by atoms with Crippen LogP contribution in [0, 0.1) is 0 Å². The van der Waals surface area contributed by atoms with Crippen molar-refractivity contribution < 1.29 is 8.83 Å². The SMILES string of the molecule is c1ccc(-c2nc(-c3ccccc3)nc(-c3cccc4oc5cc(N(c6ccc7ccccc7c6)c6ccc7c(c6)oc6ccccc67)ccc5c34)n2)cc1. The second-order valence-electron chi connectivity index (χ2n) is 13.6. The Morgan fingerprint density at radius 2 is 0.873 bits per heavy atom. The second kappa shape index (κ2) is 12.5. The van der Waals surface area contributed by atoms with Crippen LogP contribution in [0.25, 0.3) is 88.8 Å². The third-order valence-corrected chi connectivity index (χ3v) is 10.3. The van der Waals surface area contributed by atoms with E-state index in [-0.39, 0.29) is 0 Å². The van der Waals surface area contributed by atoms with Crippen molar-refractivity contribution in [3.63, 3.8) is 0 Å². The molecule has 0 aliphatic rings. The summed E-state index contributed by atoms with van der Waals surface area (Å²) in [6.45, 7) is 0. The standard InChI is InChI=1S/C49H30N4O2/c1-3-13-32(14-4-1)47-50-48(33-15-5-2-6-16-33)52-49(51-47)41-19-11-21-43-46(41)40-27-25-37(30-45(40)55-43)53(35-23-22-31-12-7-8-17-34(31)28-35)36-24-26-39-38-18-9-10-20-42(38)54-44(39)29-36/h1-30H. The molecule has 0 saturated heterocycles. The molecule has 0 N–H and O–H groups in total. The van der Waals surface area contributed by atoms with E-state index in [1.165, 1.54) is 5.39 Å². The molecule has 0 unspecified atom stereocenters. The minimum Gasteiger partial charge on any atom is -0.456 e. The molecular weight excluding hydrogens is 677 g/mol. The zero-order chi connectivity index (χ0) is 36.3. The largest absolute Gasteiger partial charge is 0.456 e. The van der Waals surface area contributed by atoms with E-state index in [0.29, 0.717) is 17.5 Å². The molecule has 0 atom stereocenters. The van der Waals surface area contributed by atoms with Gasteiger partial charge in [0.2, 0.25) is 0 Å². The topological polar surface area (TPSA) is 68.2 Å². The van der Waals surface area contributed by atoms with Crippen LogP contribution in [0.5, 0.6) is 0 Å². The summed E-state index contributed by atoms with van der Waals surface area (Å²) in [5.41, 5.74) is 8.91. The zero-order valence-corrected chi connectivity index (χ0v) is 29.4. The van der Waals surface area contributed by atoms with Gasteiger partial charge in [-0.05, 0) is 59.3 Å². The first-order chi connectivity index (χ1) is 27.2. The molecule has 0 aliphatic carbocycles. The fraction of sp³-hybridized carbons (Fsp3) is 0. The second-order valence-corrected chi connectivity index (χ2v) is 13.6. The smallest absolute Gasteiger partial charge is 0.164 e. The van der Waals surface area contributed by atoms with Crippen molar-refractivity contribution in [1.29, 1.82) is 0 Å². The summed E-state index contributed by atoms with van der Waals surface area (Å²) in [7, 11) is 0. The Kier molecular flexibility index (Phi) is 7.07. The molecule has 0 spiro atoms. The van der Waals surface area contributed by atoms with Gasteiger partial charge in [0.15, 0.2) is 17.5 Å². The summed E-state index contributed by atoms with van der Waals surface area (Å²) < 4.78 is 13.0. The number of hydrogen-bond donors (Lipinski definition) is 0. The Labute approximate surface area is 315 Å². The fourth-order valence-corrected chi connectivity index (χ4v) is 7.69. The predicted molar refractivity (Wildman–Crippen MR) is 223 cm³/mol. The van der Waals surface area contributed by atoms with Gasteiger partial charge in [-0.1, -0.05) is 121 Å². The zero-order valence-electron chi connectivity index (χ0n) is 29.4. The Morgan fingerprint density at radius 3 is 1.62 bits per heavy atom. The molecule has 8 aromatic carbocycles. The van der Waals surface area contributed by atoms with Crippen molar-refractivity contribution in [3.05, 3.63) is 182 Å². The molecule has 55 heavy (non-hydrogen) atoms. The lowest BCUT2D eigenvalue weighted by molar-refractivity contribution is 0.669. The molecule has 6 heteroatoms. The Morgan fingerprint density at radius 1 is 0.345 bits per heavy atom. The van der Waals surface area contributed by atoms with Gasteiger partial charge in [-0.3, -0.25) is 0 Å². The van der Waals surface area contributed by atoms with E-state index in [1.54, 1.807) is 0 Å². The van der Waals surface area contributed by atoms with Gasteiger partial charge in [-0.15, -0.1) is 0 Å². The monoisotopic (exact) mass is 706 g/mol. The van der Waals surface area contributed by atoms with Gasteiger partial charge in [0.05, 0.1) is 0 Å². The van der Waals surface area contributed by atoms with E-state index in [2.05, 4.69) is 95.9 Å². The average Bonchev–Trinajstić information content (AvgIpc) is 3.82. The maximum Gasteiger partial charge on any atom is 0.164 e. The number of nitrogens with zero attached hydrogens (tertiary/aromatic N) is 4. The van der Waals surface area contributed by atoms with Crippen LogP contribution in [0.1, 0.15) is 0 Å². The van der Waals surface area contributed by atoms with Crippen LogP contribution in [0.2, 0.25) is 0 Å². The maximum absolute atomic E-state index is 6.67. The van der Waals surface area contributed by atoms with Crippen molar-refractivity contribution in [2.45, 2.75) is 0 Å². The molecule has 3 aromatic heterocycles. The molecule has 0 radical (unpaired) electrons. The van der Waals surface area contributed by atoms with Gasteiger partial charge in [0.25, 0.3) is 0 Å². The lowest BCUT2D eigenvalue weighted by atomic mass is 10.0. The lowest BCUT2D eigenvalue weighted by Gasteiger charge is -2.25. The minimum atomic E-state index is 0.585. The first-order valence-corrected chi connectivity index (χ1v) is 18.3. The summed E-state index contributed by atoms with van der Waals surface area (Å²) in [6, 6.07) is 62.2. The van der Waals surface area contributed by atoms with Gasteiger partial charge in [0.1, 0.15) is 22.3 Å². The quantitative estimate of drug-likeness (QED) is 0.171. The van der Waals surface area contributed by atoms with Crippen LogP contribution >= 0.6 is 0 Å². The molecule has 0 aliphatic heterocycles. The van der Waals surface area contributed by atoms with Crippen molar-refractivity contribution in [3.8, 4) is 34.2 Å². The average molecular weight is 707 g/mol. The van der Waals surface area contributed by atoms with Gasteiger partial charge in [-0.2, -0.15) is 0 Å². The summed E-state index contributed by atoms with van der Waals surface area (Å²) >= 11 is 0. The van der Waals surface area contributed by atoms with E-state index in [0.717, 1.165) is 83.0 Å². The van der Waals surface area contributed by atoms with Crippen LogP contribution in [-0.4, -0.2) is 15.0 Å². The van der Waals surface area contributed by atoms with Crippen LogP contribution in [0.3, 0.4) is 0 Å². The number of furan rings is 2. The number of para-hydroxylation sites is 1. The summed E-state index contributed by atoms with van der Waals surface area (Å²) in [6.07, 6.45) is 0. The van der Waals surface area contributed by atoms with Crippen LogP contribution < -0.4 is 4.90 Å². The number of hydrogen-bond acceptors (Lipinski definition) is 6.